The Kier molecular flexibility index (Phi) is 5.78. The largest absolute Gasteiger partial charge is 0.508 e. The quantitative estimate of drug-likeness (QED) is 0.381. The van der Waals surface area contributed by atoms with Crippen LogP contribution < -0.4 is 10.2 Å². The van der Waals surface area contributed by atoms with Gasteiger partial charge in [0.25, 0.3) is 5.91 Å². The van der Waals surface area contributed by atoms with Crippen molar-refractivity contribution in [2.24, 2.45) is 0 Å². The number of nitrogens with one attached hydrogen (secondary N) is 1. The first kappa shape index (κ1) is 21.4. The van der Waals surface area contributed by atoms with E-state index >= 15 is 0 Å². The lowest BCUT2D eigenvalue weighted by Gasteiger charge is -2.24. The summed E-state index contributed by atoms with van der Waals surface area (Å²) in [5, 5.41) is 31.7. The summed E-state index contributed by atoms with van der Waals surface area (Å²) in [6.45, 7) is 0.258. The molecule has 0 saturated heterocycles. The first-order valence-electron chi connectivity index (χ1n) is 11.0. The SMILES string of the molecule is O=C(c1ccc(O)cc1O)N(Cc1cccnc1)c1ccc(-c2ccc(NC3CC3)nn2)cc1. The first-order valence-corrected chi connectivity index (χ1v) is 11.0. The van der Waals surface area contributed by atoms with Gasteiger partial charge in [0.15, 0.2) is 0 Å². The highest BCUT2D eigenvalue weighted by Gasteiger charge is 2.23. The van der Waals surface area contributed by atoms with Gasteiger partial charge in [0, 0.05) is 35.8 Å². The van der Waals surface area contributed by atoms with Crippen LogP contribution in [-0.2, 0) is 6.54 Å². The van der Waals surface area contributed by atoms with Gasteiger partial charge in [-0.25, -0.2) is 0 Å². The number of benzene rings is 2. The van der Waals surface area contributed by atoms with E-state index in [0.29, 0.717) is 11.7 Å². The zero-order chi connectivity index (χ0) is 23.5. The Morgan fingerprint density at radius 2 is 1.82 bits per heavy atom. The molecule has 0 aliphatic heterocycles. The van der Waals surface area contributed by atoms with Gasteiger partial charge in [-0.1, -0.05) is 18.2 Å². The Hall–Kier alpha value is -4.46. The lowest BCUT2D eigenvalue weighted by molar-refractivity contribution is 0.0982. The Morgan fingerprint density at radius 1 is 1.00 bits per heavy atom. The molecule has 1 aliphatic carbocycles. The summed E-state index contributed by atoms with van der Waals surface area (Å²) in [4.78, 5) is 19.1. The number of pyridine rings is 1. The van der Waals surface area contributed by atoms with E-state index < -0.39 is 5.91 Å². The van der Waals surface area contributed by atoms with Crippen molar-refractivity contribution >= 4 is 17.4 Å². The second kappa shape index (κ2) is 9.19. The lowest BCUT2D eigenvalue weighted by Crippen LogP contribution is -2.30. The summed E-state index contributed by atoms with van der Waals surface area (Å²) in [5.41, 5.74) is 3.17. The van der Waals surface area contributed by atoms with Gasteiger partial charge in [0.2, 0.25) is 0 Å². The van der Waals surface area contributed by atoms with Gasteiger partial charge >= 0.3 is 0 Å². The van der Waals surface area contributed by atoms with Gasteiger partial charge in [-0.3, -0.25) is 9.78 Å². The molecule has 5 rings (SSSR count). The molecule has 0 atom stereocenters. The summed E-state index contributed by atoms with van der Waals surface area (Å²) in [6, 6.07) is 19.4. The van der Waals surface area contributed by atoms with Crippen molar-refractivity contribution in [3.05, 3.63) is 90.3 Å². The lowest BCUT2D eigenvalue weighted by atomic mass is 10.1. The molecule has 1 amide bonds. The number of phenolic OH excluding ortho intramolecular Hbond substituents is 2. The van der Waals surface area contributed by atoms with Crippen LogP contribution in [0, 0.1) is 0 Å². The number of carbonyl (C=O) groups is 1. The number of hydrogen-bond donors (Lipinski definition) is 3. The second-order valence-electron chi connectivity index (χ2n) is 8.22. The topological polar surface area (TPSA) is 111 Å². The summed E-state index contributed by atoms with van der Waals surface area (Å²) in [6.07, 6.45) is 5.70. The smallest absolute Gasteiger partial charge is 0.262 e. The van der Waals surface area contributed by atoms with E-state index in [4.69, 9.17) is 0 Å². The molecule has 8 heteroatoms. The van der Waals surface area contributed by atoms with Gasteiger partial charge in [-0.15, -0.1) is 10.2 Å². The van der Waals surface area contributed by atoms with Gasteiger partial charge in [0.05, 0.1) is 17.8 Å². The van der Waals surface area contributed by atoms with Gasteiger partial charge in [0.1, 0.15) is 17.3 Å². The fourth-order valence-corrected chi connectivity index (χ4v) is 3.61. The zero-order valence-electron chi connectivity index (χ0n) is 18.3. The Morgan fingerprint density at radius 3 is 2.47 bits per heavy atom. The molecule has 1 aliphatic rings. The highest BCUT2D eigenvalue weighted by molar-refractivity contribution is 6.08. The van der Waals surface area contributed by atoms with Crippen molar-refractivity contribution in [3.63, 3.8) is 0 Å². The molecule has 2 aromatic heterocycles. The monoisotopic (exact) mass is 453 g/mol. The maximum absolute atomic E-state index is 13.4. The molecule has 0 radical (unpaired) electrons. The van der Waals surface area contributed by atoms with E-state index in [9.17, 15) is 15.0 Å². The number of aromatic nitrogens is 3. The average Bonchev–Trinajstić information content (AvgIpc) is 3.68. The summed E-state index contributed by atoms with van der Waals surface area (Å²) in [5.74, 6) is -0.0288. The third-order valence-electron chi connectivity index (χ3n) is 5.59. The molecule has 2 aromatic carbocycles. The summed E-state index contributed by atoms with van der Waals surface area (Å²) in [7, 11) is 0. The van der Waals surface area contributed by atoms with Crippen LogP contribution in [-0.4, -0.2) is 37.3 Å². The van der Waals surface area contributed by atoms with Crippen molar-refractivity contribution in [3.8, 4) is 22.8 Å². The number of amides is 1. The van der Waals surface area contributed by atoms with E-state index in [2.05, 4.69) is 20.5 Å². The van der Waals surface area contributed by atoms with Crippen LogP contribution in [0.1, 0.15) is 28.8 Å². The van der Waals surface area contributed by atoms with Crippen LogP contribution >= 0.6 is 0 Å². The van der Waals surface area contributed by atoms with Gasteiger partial charge in [-0.05, 0) is 60.9 Å². The molecule has 0 spiro atoms. The number of hydrogen-bond acceptors (Lipinski definition) is 7. The van der Waals surface area contributed by atoms with Crippen molar-refractivity contribution in [2.45, 2.75) is 25.4 Å². The van der Waals surface area contributed by atoms with Gasteiger partial charge < -0.3 is 20.4 Å². The highest BCUT2D eigenvalue weighted by Crippen LogP contribution is 2.29. The Bertz CT molecular complexity index is 1290. The van der Waals surface area contributed by atoms with E-state index in [0.717, 1.165) is 28.7 Å². The molecule has 1 saturated carbocycles. The molecule has 4 aromatic rings. The van der Waals surface area contributed by atoms with Crippen LogP contribution in [0.4, 0.5) is 11.5 Å². The molecule has 0 unspecified atom stereocenters. The van der Waals surface area contributed by atoms with Crippen LogP contribution in [0.15, 0.2) is 79.1 Å². The zero-order valence-corrected chi connectivity index (χ0v) is 18.3. The molecule has 34 heavy (non-hydrogen) atoms. The fraction of sp³-hybridized carbons (Fsp3) is 0.154. The number of aromatic hydroxyl groups is 2. The molecule has 2 heterocycles. The molecule has 3 N–H and O–H groups in total. The minimum Gasteiger partial charge on any atom is -0.508 e. The third kappa shape index (κ3) is 4.80. The number of nitrogens with zero attached hydrogens (tertiary/aromatic N) is 4. The van der Waals surface area contributed by atoms with Crippen molar-refractivity contribution in [1.29, 1.82) is 0 Å². The predicted octanol–water partition coefficient (Wildman–Crippen LogP) is 4.37. The van der Waals surface area contributed by atoms with Crippen molar-refractivity contribution in [1.82, 2.24) is 15.2 Å². The van der Waals surface area contributed by atoms with E-state index in [-0.39, 0.29) is 23.6 Å². The number of rotatable bonds is 7. The molecule has 8 nitrogen and oxygen atoms in total. The van der Waals surface area contributed by atoms with Crippen molar-refractivity contribution in [2.75, 3.05) is 10.2 Å². The van der Waals surface area contributed by atoms with Crippen LogP contribution in [0.2, 0.25) is 0 Å². The van der Waals surface area contributed by atoms with E-state index in [1.54, 1.807) is 23.4 Å². The molecular weight excluding hydrogens is 430 g/mol. The highest BCUT2D eigenvalue weighted by atomic mass is 16.3. The summed E-state index contributed by atoms with van der Waals surface area (Å²) >= 11 is 0. The molecular formula is C26H23N5O3. The average molecular weight is 454 g/mol. The second-order valence-corrected chi connectivity index (χ2v) is 8.22. The Labute approximate surface area is 196 Å². The molecule has 170 valence electrons. The van der Waals surface area contributed by atoms with E-state index in [1.165, 1.54) is 25.0 Å². The van der Waals surface area contributed by atoms with Crippen LogP contribution in [0.3, 0.4) is 0 Å². The number of phenols is 2. The minimum atomic E-state index is -0.399. The Balaban J connectivity index is 1.42. The molecule has 1 fully saturated rings. The van der Waals surface area contributed by atoms with Gasteiger partial charge in [-0.2, -0.15) is 0 Å². The molecule has 0 bridgehead atoms. The van der Waals surface area contributed by atoms with Crippen LogP contribution in [0.5, 0.6) is 11.5 Å². The predicted molar refractivity (Wildman–Crippen MR) is 129 cm³/mol. The van der Waals surface area contributed by atoms with Crippen molar-refractivity contribution < 1.29 is 15.0 Å². The van der Waals surface area contributed by atoms with E-state index in [1.807, 2.05) is 42.5 Å². The fourth-order valence-electron chi connectivity index (χ4n) is 3.61. The normalized spacial score (nSPS) is 12.8. The maximum atomic E-state index is 13.4. The first-order chi connectivity index (χ1) is 16.6. The minimum absolute atomic E-state index is 0.0929. The number of anilines is 2. The third-order valence-corrected chi connectivity index (χ3v) is 5.59. The number of carbonyl (C=O) groups excluding carboxylic acids is 1. The standard InChI is InChI=1S/C26H23N5O3/c32-21-9-10-22(24(33)14-21)26(34)31(16-17-2-1-13-27-15-17)20-7-3-18(4-8-20)23-11-12-25(30-29-23)28-19-5-6-19/h1-4,7-15,19,32-33H,5-6,16H2,(H,28,30). The summed E-state index contributed by atoms with van der Waals surface area (Å²) < 4.78 is 0. The van der Waals surface area contributed by atoms with Crippen LogP contribution in [0.25, 0.3) is 11.3 Å². The maximum Gasteiger partial charge on any atom is 0.262 e.